The van der Waals surface area contributed by atoms with Crippen LogP contribution in [0.4, 0.5) is 10.2 Å². The van der Waals surface area contributed by atoms with Gasteiger partial charge in [-0.15, -0.1) is 0 Å². The molecule has 1 aromatic heterocycles. The Morgan fingerprint density at radius 1 is 1.21 bits per heavy atom. The van der Waals surface area contributed by atoms with E-state index in [1.807, 2.05) is 18.2 Å². The number of piperazine rings is 1. The Kier molecular flexibility index (Phi) is 5.30. The molecule has 0 radical (unpaired) electrons. The Morgan fingerprint density at radius 3 is 2.67 bits per heavy atom. The van der Waals surface area contributed by atoms with E-state index in [0.717, 1.165) is 18.9 Å². The number of ether oxygens (including phenoxy) is 1. The van der Waals surface area contributed by atoms with E-state index >= 15 is 0 Å². The van der Waals surface area contributed by atoms with Crippen LogP contribution in [-0.4, -0.2) is 48.6 Å². The van der Waals surface area contributed by atoms with Gasteiger partial charge < -0.3 is 14.5 Å². The topological polar surface area (TPSA) is 45.7 Å². The van der Waals surface area contributed by atoms with Crippen molar-refractivity contribution in [3.05, 3.63) is 52.9 Å². The first-order valence-electron chi connectivity index (χ1n) is 7.65. The zero-order chi connectivity index (χ0) is 16.9. The first-order valence-corrected chi connectivity index (χ1v) is 8.44. The molecule has 1 aliphatic heterocycles. The van der Waals surface area contributed by atoms with E-state index in [2.05, 4.69) is 25.8 Å². The van der Waals surface area contributed by atoms with Crippen LogP contribution in [0.3, 0.4) is 0 Å². The fraction of sp³-hybridized carbons (Fsp3) is 0.294. The summed E-state index contributed by atoms with van der Waals surface area (Å²) < 4.78 is 19.6. The molecule has 3 rings (SSSR count). The van der Waals surface area contributed by atoms with Gasteiger partial charge >= 0.3 is 0 Å². The molecule has 5 nitrogen and oxygen atoms in total. The Labute approximate surface area is 148 Å². The molecule has 0 saturated carbocycles. The molecule has 7 heteroatoms. The Balaban J connectivity index is 1.50. The van der Waals surface area contributed by atoms with Gasteiger partial charge in [-0.1, -0.05) is 22.0 Å². The van der Waals surface area contributed by atoms with Crippen molar-refractivity contribution in [2.75, 3.05) is 37.7 Å². The van der Waals surface area contributed by atoms with Crippen LogP contribution in [0.2, 0.25) is 0 Å². The van der Waals surface area contributed by atoms with Gasteiger partial charge in [-0.25, -0.2) is 9.37 Å². The highest BCUT2D eigenvalue weighted by atomic mass is 79.9. The summed E-state index contributed by atoms with van der Waals surface area (Å²) >= 11 is 3.18. The van der Waals surface area contributed by atoms with Crippen molar-refractivity contribution in [2.45, 2.75) is 0 Å². The minimum Gasteiger partial charge on any atom is -0.481 e. The van der Waals surface area contributed by atoms with Gasteiger partial charge in [0.25, 0.3) is 5.91 Å². The largest absolute Gasteiger partial charge is 0.481 e. The molecule has 0 atom stereocenters. The number of rotatable bonds is 4. The van der Waals surface area contributed by atoms with Crippen molar-refractivity contribution in [1.82, 2.24) is 9.88 Å². The van der Waals surface area contributed by atoms with Gasteiger partial charge in [0, 0.05) is 36.8 Å². The summed E-state index contributed by atoms with van der Waals surface area (Å²) in [5.41, 5.74) is 0. The maximum absolute atomic E-state index is 13.7. The van der Waals surface area contributed by atoms with Crippen LogP contribution in [0.25, 0.3) is 0 Å². The van der Waals surface area contributed by atoms with Crippen LogP contribution in [-0.2, 0) is 4.79 Å². The standard InChI is InChI=1S/C17H17BrFN3O2/c18-13-4-5-15(14(19)11-13)24-12-17(23)22-9-7-21(8-10-22)16-3-1-2-6-20-16/h1-6,11H,7-10,12H2. The number of hydrogen-bond donors (Lipinski definition) is 0. The number of anilines is 1. The van der Waals surface area contributed by atoms with Gasteiger partial charge in [0.1, 0.15) is 5.82 Å². The number of aromatic nitrogens is 1. The summed E-state index contributed by atoms with van der Waals surface area (Å²) in [6, 6.07) is 10.3. The van der Waals surface area contributed by atoms with Crippen LogP contribution in [0.15, 0.2) is 47.1 Å². The minimum absolute atomic E-state index is 0.0821. The van der Waals surface area contributed by atoms with Crippen LogP contribution in [0.5, 0.6) is 5.75 Å². The molecule has 0 unspecified atom stereocenters. The van der Waals surface area contributed by atoms with Crippen molar-refractivity contribution in [3.8, 4) is 5.75 Å². The fourth-order valence-electron chi connectivity index (χ4n) is 2.55. The van der Waals surface area contributed by atoms with Crippen molar-refractivity contribution in [2.24, 2.45) is 0 Å². The van der Waals surface area contributed by atoms with Gasteiger partial charge in [0.2, 0.25) is 0 Å². The highest BCUT2D eigenvalue weighted by molar-refractivity contribution is 9.10. The summed E-state index contributed by atoms with van der Waals surface area (Å²) in [5.74, 6) is 0.367. The number of nitrogens with zero attached hydrogens (tertiary/aromatic N) is 3. The smallest absolute Gasteiger partial charge is 0.260 e. The van der Waals surface area contributed by atoms with E-state index in [0.29, 0.717) is 17.6 Å². The zero-order valence-electron chi connectivity index (χ0n) is 13.0. The van der Waals surface area contributed by atoms with Crippen LogP contribution in [0.1, 0.15) is 0 Å². The van der Waals surface area contributed by atoms with Gasteiger partial charge in [0.05, 0.1) is 0 Å². The third-order valence-corrected chi connectivity index (χ3v) is 4.34. The molecule has 1 fully saturated rings. The first-order chi connectivity index (χ1) is 11.6. The molecular formula is C17H17BrFN3O2. The number of hydrogen-bond acceptors (Lipinski definition) is 4. The maximum Gasteiger partial charge on any atom is 0.260 e. The molecule has 0 bridgehead atoms. The number of halogens is 2. The third-order valence-electron chi connectivity index (χ3n) is 3.85. The predicted molar refractivity (Wildman–Crippen MR) is 92.6 cm³/mol. The molecule has 0 aliphatic carbocycles. The number of amides is 1. The van der Waals surface area contributed by atoms with Gasteiger partial charge in [-0.2, -0.15) is 0 Å². The van der Waals surface area contributed by atoms with E-state index in [1.165, 1.54) is 12.1 Å². The normalized spacial score (nSPS) is 14.6. The molecule has 24 heavy (non-hydrogen) atoms. The lowest BCUT2D eigenvalue weighted by atomic mass is 10.3. The van der Waals surface area contributed by atoms with E-state index in [-0.39, 0.29) is 18.3 Å². The molecule has 0 spiro atoms. The van der Waals surface area contributed by atoms with Crippen LogP contribution >= 0.6 is 15.9 Å². The lowest BCUT2D eigenvalue weighted by Gasteiger charge is -2.35. The quantitative estimate of drug-likeness (QED) is 0.800. The summed E-state index contributed by atoms with van der Waals surface area (Å²) in [4.78, 5) is 20.4. The SMILES string of the molecule is O=C(COc1ccc(Br)cc1F)N1CCN(c2ccccn2)CC1. The fourth-order valence-corrected chi connectivity index (χ4v) is 2.88. The van der Waals surface area contributed by atoms with Crippen LogP contribution < -0.4 is 9.64 Å². The molecule has 1 aliphatic rings. The van der Waals surface area contributed by atoms with Gasteiger partial charge in [-0.05, 0) is 30.3 Å². The molecule has 0 N–H and O–H groups in total. The number of carbonyl (C=O) groups excluding carboxylic acids is 1. The summed E-state index contributed by atoms with van der Waals surface area (Å²) in [6.07, 6.45) is 1.76. The van der Waals surface area contributed by atoms with E-state index in [9.17, 15) is 9.18 Å². The highest BCUT2D eigenvalue weighted by Crippen LogP contribution is 2.21. The van der Waals surface area contributed by atoms with Crippen molar-refractivity contribution >= 4 is 27.7 Å². The first kappa shape index (κ1) is 16.7. The lowest BCUT2D eigenvalue weighted by Crippen LogP contribution is -2.50. The maximum atomic E-state index is 13.7. The van der Waals surface area contributed by atoms with Crippen molar-refractivity contribution in [1.29, 1.82) is 0 Å². The van der Waals surface area contributed by atoms with Crippen molar-refractivity contribution < 1.29 is 13.9 Å². The second-order valence-corrected chi connectivity index (χ2v) is 6.33. The molecule has 2 aromatic rings. The Bertz CT molecular complexity index is 706. The second-order valence-electron chi connectivity index (χ2n) is 5.42. The summed E-state index contributed by atoms with van der Waals surface area (Å²) in [6.45, 7) is 2.47. The molecule has 126 valence electrons. The van der Waals surface area contributed by atoms with Gasteiger partial charge in [0.15, 0.2) is 18.2 Å². The van der Waals surface area contributed by atoms with Crippen molar-refractivity contribution in [3.63, 3.8) is 0 Å². The second kappa shape index (κ2) is 7.61. The van der Waals surface area contributed by atoms with E-state index < -0.39 is 5.82 Å². The monoisotopic (exact) mass is 393 g/mol. The molecule has 1 aromatic carbocycles. The average Bonchev–Trinajstić information content (AvgIpc) is 2.62. The minimum atomic E-state index is -0.489. The molecular weight excluding hydrogens is 377 g/mol. The average molecular weight is 394 g/mol. The molecule has 1 saturated heterocycles. The van der Waals surface area contributed by atoms with E-state index in [1.54, 1.807) is 17.2 Å². The molecule has 2 heterocycles. The lowest BCUT2D eigenvalue weighted by molar-refractivity contribution is -0.133. The third kappa shape index (κ3) is 4.03. The number of pyridine rings is 1. The number of benzene rings is 1. The Hall–Kier alpha value is -2.15. The zero-order valence-corrected chi connectivity index (χ0v) is 14.6. The van der Waals surface area contributed by atoms with E-state index in [4.69, 9.17) is 4.74 Å². The summed E-state index contributed by atoms with van der Waals surface area (Å²) in [5, 5.41) is 0. The highest BCUT2D eigenvalue weighted by Gasteiger charge is 2.22. The predicted octanol–water partition coefficient (Wildman–Crippen LogP) is 2.71. The summed E-state index contributed by atoms with van der Waals surface area (Å²) in [7, 11) is 0. The van der Waals surface area contributed by atoms with Gasteiger partial charge in [-0.3, -0.25) is 4.79 Å². The number of carbonyl (C=O) groups is 1. The molecule has 1 amide bonds. The van der Waals surface area contributed by atoms with Crippen LogP contribution in [0, 0.1) is 5.82 Å². The Morgan fingerprint density at radius 2 is 2.00 bits per heavy atom.